The summed E-state index contributed by atoms with van der Waals surface area (Å²) >= 11 is 0. The normalized spacial score (nSPS) is 14.4. The summed E-state index contributed by atoms with van der Waals surface area (Å²) in [5.41, 5.74) is 1.31. The molecular weight excluding hydrogens is 276 g/mol. The van der Waals surface area contributed by atoms with Crippen molar-refractivity contribution in [2.24, 2.45) is 0 Å². The molecule has 0 radical (unpaired) electrons. The van der Waals surface area contributed by atoms with Crippen molar-refractivity contribution in [2.75, 3.05) is 18.5 Å². The van der Waals surface area contributed by atoms with Crippen molar-refractivity contribution >= 4 is 23.5 Å². The second-order valence-electron chi connectivity index (χ2n) is 4.54. The van der Waals surface area contributed by atoms with Gasteiger partial charge in [-0.3, -0.25) is 14.5 Å². The highest BCUT2D eigenvalue weighted by Gasteiger charge is 2.30. The molecule has 0 unspecified atom stereocenters. The minimum Gasteiger partial charge on any atom is -0.478 e. The standard InChI is InChI=1S/C14H14N2O5/c1-8-2-3-9(14(20)21)6-10(8)15-11-7-12(18)16(4-5-17)13(11)19/h2-3,6-7,15,17H,4-5H2,1H3,(H,20,21). The average molecular weight is 290 g/mol. The average Bonchev–Trinajstić information content (AvgIpc) is 2.69. The van der Waals surface area contributed by atoms with Crippen molar-refractivity contribution in [3.05, 3.63) is 41.1 Å². The van der Waals surface area contributed by atoms with Crippen molar-refractivity contribution in [1.29, 1.82) is 0 Å². The number of carboxylic acid groups (broad SMARTS) is 1. The highest BCUT2D eigenvalue weighted by atomic mass is 16.4. The zero-order valence-electron chi connectivity index (χ0n) is 11.3. The molecule has 2 amide bonds. The summed E-state index contributed by atoms with van der Waals surface area (Å²) in [5.74, 6) is -2.14. The van der Waals surface area contributed by atoms with Gasteiger partial charge in [0.25, 0.3) is 11.8 Å². The number of β-amino-alcohol motifs (C(OH)–C–C–N with tert-alkyl or cyclic N) is 1. The van der Waals surface area contributed by atoms with E-state index < -0.39 is 17.8 Å². The summed E-state index contributed by atoms with van der Waals surface area (Å²) in [7, 11) is 0. The van der Waals surface area contributed by atoms with Crippen molar-refractivity contribution in [2.45, 2.75) is 6.92 Å². The van der Waals surface area contributed by atoms with Crippen molar-refractivity contribution in [1.82, 2.24) is 4.90 Å². The first-order valence-corrected chi connectivity index (χ1v) is 6.23. The Labute approximate surface area is 120 Å². The smallest absolute Gasteiger partial charge is 0.335 e. The molecule has 0 bridgehead atoms. The molecule has 0 fully saturated rings. The molecule has 1 aromatic rings. The fourth-order valence-corrected chi connectivity index (χ4v) is 1.94. The monoisotopic (exact) mass is 290 g/mol. The highest BCUT2D eigenvalue weighted by Crippen LogP contribution is 2.21. The molecule has 1 aliphatic heterocycles. The number of rotatable bonds is 5. The van der Waals surface area contributed by atoms with Gasteiger partial charge in [0.15, 0.2) is 0 Å². The molecule has 0 saturated carbocycles. The summed E-state index contributed by atoms with van der Waals surface area (Å²) < 4.78 is 0. The fourth-order valence-electron chi connectivity index (χ4n) is 1.94. The molecule has 1 heterocycles. The largest absolute Gasteiger partial charge is 0.478 e. The Kier molecular flexibility index (Phi) is 4.04. The number of aliphatic hydroxyl groups excluding tert-OH is 1. The minimum absolute atomic E-state index is 0.0547. The number of carbonyl (C=O) groups is 3. The van der Waals surface area contributed by atoms with Crippen LogP contribution in [0.15, 0.2) is 30.0 Å². The zero-order valence-corrected chi connectivity index (χ0v) is 11.3. The van der Waals surface area contributed by atoms with Crippen molar-refractivity contribution < 1.29 is 24.6 Å². The lowest BCUT2D eigenvalue weighted by Gasteiger charge is -2.14. The molecule has 2 rings (SSSR count). The third-order valence-electron chi connectivity index (χ3n) is 3.09. The lowest BCUT2D eigenvalue weighted by Crippen LogP contribution is -2.34. The number of amides is 2. The number of carbonyl (C=O) groups excluding carboxylic acids is 2. The van der Waals surface area contributed by atoms with Gasteiger partial charge in [0.1, 0.15) is 5.70 Å². The van der Waals surface area contributed by atoms with Gasteiger partial charge in [0.05, 0.1) is 18.7 Å². The van der Waals surface area contributed by atoms with Crippen LogP contribution in [-0.4, -0.2) is 46.0 Å². The van der Waals surface area contributed by atoms with Crippen LogP contribution in [0, 0.1) is 6.92 Å². The Morgan fingerprint density at radius 1 is 1.33 bits per heavy atom. The first-order valence-electron chi connectivity index (χ1n) is 6.23. The summed E-state index contributed by atoms with van der Waals surface area (Å²) in [5, 5.41) is 20.6. The van der Waals surface area contributed by atoms with Crippen LogP contribution in [0.4, 0.5) is 5.69 Å². The third-order valence-corrected chi connectivity index (χ3v) is 3.09. The first-order chi connectivity index (χ1) is 9.93. The Hall–Kier alpha value is -2.67. The van der Waals surface area contributed by atoms with Crippen LogP contribution in [0.3, 0.4) is 0 Å². The Morgan fingerprint density at radius 2 is 2.05 bits per heavy atom. The van der Waals surface area contributed by atoms with Gasteiger partial charge in [-0.1, -0.05) is 6.07 Å². The predicted molar refractivity (Wildman–Crippen MR) is 73.6 cm³/mol. The van der Waals surface area contributed by atoms with E-state index in [1.807, 2.05) is 0 Å². The molecule has 0 aromatic heterocycles. The SMILES string of the molecule is Cc1ccc(C(=O)O)cc1NC1=CC(=O)N(CCO)C1=O. The second kappa shape index (κ2) is 5.76. The van der Waals surface area contributed by atoms with Crippen LogP contribution in [0.5, 0.6) is 0 Å². The molecule has 0 spiro atoms. The number of imide groups is 1. The van der Waals surface area contributed by atoms with E-state index in [-0.39, 0.29) is 24.4 Å². The van der Waals surface area contributed by atoms with Gasteiger partial charge in [-0.15, -0.1) is 0 Å². The summed E-state index contributed by atoms with van der Waals surface area (Å²) in [6.07, 6.45) is 1.13. The number of anilines is 1. The minimum atomic E-state index is -1.08. The molecular formula is C14H14N2O5. The number of carboxylic acids is 1. The maximum atomic E-state index is 12.0. The number of nitrogens with one attached hydrogen (secondary N) is 1. The van der Waals surface area contributed by atoms with Crippen LogP contribution >= 0.6 is 0 Å². The van der Waals surface area contributed by atoms with Crippen molar-refractivity contribution in [3.63, 3.8) is 0 Å². The van der Waals surface area contributed by atoms with Gasteiger partial charge < -0.3 is 15.5 Å². The Bertz CT molecular complexity index is 651. The molecule has 1 aliphatic rings. The number of hydrogen-bond acceptors (Lipinski definition) is 5. The molecule has 7 nitrogen and oxygen atoms in total. The van der Waals surface area contributed by atoms with Gasteiger partial charge in [0, 0.05) is 11.8 Å². The van der Waals surface area contributed by atoms with Crippen LogP contribution < -0.4 is 5.32 Å². The number of aryl methyl sites for hydroxylation is 1. The van der Waals surface area contributed by atoms with Crippen LogP contribution in [0.25, 0.3) is 0 Å². The first kappa shape index (κ1) is 14.7. The van der Waals surface area contributed by atoms with Gasteiger partial charge in [-0.25, -0.2) is 4.79 Å². The molecule has 7 heteroatoms. The van der Waals surface area contributed by atoms with Gasteiger partial charge in [-0.05, 0) is 24.6 Å². The summed E-state index contributed by atoms with van der Waals surface area (Å²) in [4.78, 5) is 35.5. The lowest BCUT2D eigenvalue weighted by molar-refractivity contribution is -0.137. The van der Waals surface area contributed by atoms with Crippen molar-refractivity contribution in [3.8, 4) is 0 Å². The van der Waals surface area contributed by atoms with Gasteiger partial charge in [-0.2, -0.15) is 0 Å². The molecule has 1 aromatic carbocycles. The molecule has 0 saturated heterocycles. The van der Waals surface area contributed by atoms with E-state index >= 15 is 0 Å². The van der Waals surface area contributed by atoms with E-state index in [4.69, 9.17) is 10.2 Å². The Morgan fingerprint density at radius 3 is 2.67 bits per heavy atom. The molecule has 3 N–H and O–H groups in total. The molecule has 21 heavy (non-hydrogen) atoms. The molecule has 0 atom stereocenters. The van der Waals surface area contributed by atoms with Crippen LogP contribution in [0.2, 0.25) is 0 Å². The highest BCUT2D eigenvalue weighted by molar-refractivity contribution is 6.17. The van der Waals surface area contributed by atoms with E-state index in [2.05, 4.69) is 5.32 Å². The molecule has 110 valence electrons. The topological polar surface area (TPSA) is 107 Å². The number of hydrogen-bond donors (Lipinski definition) is 3. The zero-order chi connectivity index (χ0) is 15.6. The van der Waals surface area contributed by atoms with E-state index in [0.29, 0.717) is 5.69 Å². The van der Waals surface area contributed by atoms with E-state index in [1.54, 1.807) is 13.0 Å². The number of benzene rings is 1. The van der Waals surface area contributed by atoms with E-state index in [1.165, 1.54) is 12.1 Å². The maximum Gasteiger partial charge on any atom is 0.335 e. The fraction of sp³-hybridized carbons (Fsp3) is 0.214. The lowest BCUT2D eigenvalue weighted by atomic mass is 10.1. The maximum absolute atomic E-state index is 12.0. The van der Waals surface area contributed by atoms with E-state index in [9.17, 15) is 14.4 Å². The number of nitrogens with zero attached hydrogens (tertiary/aromatic N) is 1. The predicted octanol–water partition coefficient (Wildman–Crippen LogP) is 0.350. The second-order valence-corrected chi connectivity index (χ2v) is 4.54. The number of aromatic carboxylic acids is 1. The van der Waals surface area contributed by atoms with Crippen LogP contribution in [0.1, 0.15) is 15.9 Å². The Balaban J connectivity index is 2.25. The van der Waals surface area contributed by atoms with Gasteiger partial charge in [0.2, 0.25) is 0 Å². The molecule has 0 aliphatic carbocycles. The third kappa shape index (κ3) is 2.92. The summed E-state index contributed by atoms with van der Waals surface area (Å²) in [6.45, 7) is 1.36. The quantitative estimate of drug-likeness (QED) is 0.675. The number of aliphatic hydroxyl groups is 1. The summed E-state index contributed by atoms with van der Waals surface area (Å²) in [6, 6.07) is 4.46. The van der Waals surface area contributed by atoms with Crippen LogP contribution in [-0.2, 0) is 9.59 Å². The van der Waals surface area contributed by atoms with Gasteiger partial charge >= 0.3 is 5.97 Å². The van der Waals surface area contributed by atoms with E-state index in [0.717, 1.165) is 16.5 Å².